The summed E-state index contributed by atoms with van der Waals surface area (Å²) in [6.45, 7) is 14.2. The number of esters is 1. The van der Waals surface area contributed by atoms with Gasteiger partial charge in [-0.15, -0.1) is 0 Å². The summed E-state index contributed by atoms with van der Waals surface area (Å²) in [6.07, 6.45) is 2.04. The maximum atomic E-state index is 12.8. The van der Waals surface area contributed by atoms with Crippen molar-refractivity contribution in [2.45, 2.75) is 63.8 Å². The Morgan fingerprint density at radius 2 is 1.74 bits per heavy atom. The van der Waals surface area contributed by atoms with Crippen LogP contribution < -0.4 is 0 Å². The van der Waals surface area contributed by atoms with Gasteiger partial charge >= 0.3 is 5.97 Å². The second-order valence-corrected chi connectivity index (χ2v) is 14.9. The number of rotatable bonds is 8. The summed E-state index contributed by atoms with van der Waals surface area (Å²) >= 11 is 0. The predicted molar refractivity (Wildman–Crippen MR) is 111 cm³/mol. The molecule has 0 aromatic heterocycles. The maximum absolute atomic E-state index is 12.8. The molecule has 27 heavy (non-hydrogen) atoms. The molecule has 1 rings (SSSR count). The Balaban J connectivity index is 3.13. The molecule has 0 unspecified atom stereocenters. The van der Waals surface area contributed by atoms with Crippen LogP contribution in [0.2, 0.25) is 18.1 Å². The molecule has 0 radical (unpaired) electrons. The van der Waals surface area contributed by atoms with Gasteiger partial charge < -0.3 is 9.16 Å². The van der Waals surface area contributed by atoms with E-state index in [0.29, 0.717) is 0 Å². The monoisotopic (exact) mass is 412 g/mol. The highest BCUT2D eigenvalue weighted by Crippen LogP contribution is 2.37. The van der Waals surface area contributed by atoms with E-state index in [2.05, 4.69) is 33.9 Å². The lowest BCUT2D eigenvalue weighted by Crippen LogP contribution is -2.45. The van der Waals surface area contributed by atoms with E-state index in [4.69, 9.17) is 9.16 Å². The number of carbonyl (C=O) groups is 1. The highest BCUT2D eigenvalue weighted by molar-refractivity contribution is 7.91. The fourth-order valence-corrected chi connectivity index (χ4v) is 4.87. The second kappa shape index (κ2) is 9.17. The van der Waals surface area contributed by atoms with Crippen LogP contribution in [0.4, 0.5) is 0 Å². The van der Waals surface area contributed by atoms with Gasteiger partial charge in [-0.25, -0.2) is 13.2 Å². The number of sulfone groups is 1. The molecule has 0 aliphatic rings. The maximum Gasteiger partial charge on any atom is 0.330 e. The Hall–Kier alpha value is -1.44. The Morgan fingerprint density at radius 3 is 2.22 bits per heavy atom. The molecule has 0 heterocycles. The van der Waals surface area contributed by atoms with Crippen molar-refractivity contribution in [3.05, 3.63) is 42.0 Å². The van der Waals surface area contributed by atoms with Gasteiger partial charge in [0.1, 0.15) is 0 Å². The summed E-state index contributed by atoms with van der Waals surface area (Å²) in [5, 5.41) is -0.0867. The molecular weight excluding hydrogens is 380 g/mol. The summed E-state index contributed by atoms with van der Waals surface area (Å²) in [6, 6.07) is 6.74. The van der Waals surface area contributed by atoms with E-state index >= 15 is 0 Å². The average molecular weight is 413 g/mol. The van der Waals surface area contributed by atoms with Crippen molar-refractivity contribution in [3.8, 4) is 0 Å². The molecule has 0 N–H and O–H groups in total. The minimum Gasteiger partial charge on any atom is -0.463 e. The van der Waals surface area contributed by atoms with Crippen LogP contribution in [0, 0.1) is 6.92 Å². The molecule has 0 aliphatic heterocycles. The van der Waals surface area contributed by atoms with Gasteiger partial charge in [-0.1, -0.05) is 38.5 Å². The first-order chi connectivity index (χ1) is 12.3. The molecular formula is C20H32O5SSi. The zero-order chi connectivity index (χ0) is 20.9. The fourth-order valence-electron chi connectivity index (χ4n) is 2.12. The number of benzene rings is 1. The SMILES string of the molecule is CCOC(=O)/C=C/[C@H](CS(=O)(=O)c1ccc(C)cc1)O[Si](C)(C)C(C)(C)C. The first-order valence-electron chi connectivity index (χ1n) is 9.10. The Kier molecular flexibility index (Phi) is 8.01. The van der Waals surface area contributed by atoms with Crippen LogP contribution in [0.25, 0.3) is 0 Å². The minimum absolute atomic E-state index is 0.0867. The van der Waals surface area contributed by atoms with Gasteiger partial charge in [0, 0.05) is 6.08 Å². The second-order valence-electron chi connectivity index (χ2n) is 8.12. The lowest BCUT2D eigenvalue weighted by Gasteiger charge is -2.38. The van der Waals surface area contributed by atoms with Crippen molar-refractivity contribution >= 4 is 24.1 Å². The van der Waals surface area contributed by atoms with E-state index in [1.54, 1.807) is 31.2 Å². The molecule has 0 saturated heterocycles. The lowest BCUT2D eigenvalue weighted by atomic mass is 10.2. The van der Waals surface area contributed by atoms with E-state index in [9.17, 15) is 13.2 Å². The first kappa shape index (κ1) is 23.6. The van der Waals surface area contributed by atoms with E-state index in [1.807, 2.05) is 6.92 Å². The van der Waals surface area contributed by atoms with Crippen molar-refractivity contribution in [2.24, 2.45) is 0 Å². The van der Waals surface area contributed by atoms with Gasteiger partial charge in [0.25, 0.3) is 0 Å². The summed E-state index contributed by atoms with van der Waals surface area (Å²) in [7, 11) is -5.80. The van der Waals surface area contributed by atoms with Gasteiger partial charge in [0.05, 0.1) is 23.4 Å². The van der Waals surface area contributed by atoms with E-state index in [1.165, 1.54) is 12.2 Å². The van der Waals surface area contributed by atoms with Crippen LogP contribution in [0.1, 0.15) is 33.3 Å². The molecule has 0 saturated carbocycles. The quantitative estimate of drug-likeness (QED) is 0.362. The Bertz CT molecular complexity index is 759. The van der Waals surface area contributed by atoms with Crippen molar-refractivity contribution in [1.82, 2.24) is 0 Å². The van der Waals surface area contributed by atoms with Crippen LogP contribution in [-0.4, -0.2) is 41.2 Å². The molecule has 0 amide bonds. The zero-order valence-corrected chi connectivity index (χ0v) is 19.2. The van der Waals surface area contributed by atoms with Gasteiger partial charge in [-0.05, 0) is 50.2 Å². The molecule has 1 aromatic rings. The van der Waals surface area contributed by atoms with Crippen LogP contribution in [0.5, 0.6) is 0 Å². The highest BCUT2D eigenvalue weighted by atomic mass is 32.2. The van der Waals surface area contributed by atoms with Crippen LogP contribution in [0.15, 0.2) is 41.3 Å². The molecule has 152 valence electrons. The molecule has 0 bridgehead atoms. The third-order valence-corrected chi connectivity index (χ3v) is 11.0. The summed E-state index contributed by atoms with van der Waals surface area (Å²) in [4.78, 5) is 11.9. The van der Waals surface area contributed by atoms with Crippen molar-refractivity contribution in [2.75, 3.05) is 12.4 Å². The third kappa shape index (κ3) is 7.24. The first-order valence-corrected chi connectivity index (χ1v) is 13.7. The molecule has 1 aromatic carbocycles. The molecule has 1 atom stereocenters. The van der Waals surface area contributed by atoms with Crippen LogP contribution in [0.3, 0.4) is 0 Å². The largest absolute Gasteiger partial charge is 0.463 e. The number of ether oxygens (including phenoxy) is 1. The van der Waals surface area contributed by atoms with Gasteiger partial charge in [-0.3, -0.25) is 0 Å². The average Bonchev–Trinajstić information content (AvgIpc) is 2.51. The highest BCUT2D eigenvalue weighted by Gasteiger charge is 2.39. The fraction of sp³-hybridized carbons (Fsp3) is 0.550. The molecule has 5 nitrogen and oxygen atoms in total. The predicted octanol–water partition coefficient (Wildman–Crippen LogP) is 4.28. The molecule has 0 fully saturated rings. The van der Waals surface area contributed by atoms with Crippen molar-refractivity contribution in [1.29, 1.82) is 0 Å². The van der Waals surface area contributed by atoms with Gasteiger partial charge in [-0.2, -0.15) is 0 Å². The normalized spacial score (nSPS) is 14.3. The minimum atomic E-state index is -3.56. The topological polar surface area (TPSA) is 69.7 Å². The standard InChI is InChI=1S/C20H32O5SSi/c1-8-24-19(21)14-11-17(25-27(6,7)20(3,4)5)15-26(22,23)18-12-9-16(2)10-13-18/h9-14,17H,8,15H2,1-7H3/b14-11+/t17-/m1/s1. The summed E-state index contributed by atoms with van der Waals surface area (Å²) in [5.41, 5.74) is 0.991. The smallest absolute Gasteiger partial charge is 0.330 e. The Labute approximate surface area is 164 Å². The Morgan fingerprint density at radius 1 is 1.19 bits per heavy atom. The summed E-state index contributed by atoms with van der Waals surface area (Å²) in [5.74, 6) is -0.729. The van der Waals surface area contributed by atoms with E-state index in [0.717, 1.165) is 5.56 Å². The third-order valence-electron chi connectivity index (χ3n) is 4.75. The van der Waals surface area contributed by atoms with Crippen molar-refractivity contribution < 1.29 is 22.4 Å². The van der Waals surface area contributed by atoms with Gasteiger partial charge in [0.2, 0.25) is 0 Å². The van der Waals surface area contributed by atoms with E-state index in [-0.39, 0.29) is 22.3 Å². The number of aryl methyl sites for hydroxylation is 1. The summed E-state index contributed by atoms with van der Waals surface area (Å²) < 4.78 is 36.9. The number of hydrogen-bond donors (Lipinski definition) is 0. The lowest BCUT2D eigenvalue weighted by molar-refractivity contribution is -0.137. The number of hydrogen-bond acceptors (Lipinski definition) is 5. The zero-order valence-electron chi connectivity index (χ0n) is 17.4. The molecule has 7 heteroatoms. The molecule has 0 aliphatic carbocycles. The number of carbonyl (C=O) groups excluding carboxylic acids is 1. The van der Waals surface area contributed by atoms with Crippen LogP contribution in [-0.2, 0) is 23.8 Å². The molecule has 0 spiro atoms. The van der Waals surface area contributed by atoms with Crippen molar-refractivity contribution in [3.63, 3.8) is 0 Å². The van der Waals surface area contributed by atoms with Gasteiger partial charge in [0.15, 0.2) is 18.2 Å². The van der Waals surface area contributed by atoms with E-state index < -0.39 is 30.2 Å². The van der Waals surface area contributed by atoms with Crippen LogP contribution >= 0.6 is 0 Å².